The first-order valence-corrected chi connectivity index (χ1v) is 13.7. The maximum Gasteiger partial charge on any atom is 0.257 e. The Balaban J connectivity index is 1.56. The van der Waals surface area contributed by atoms with Gasteiger partial charge in [-0.2, -0.15) is 5.10 Å². The van der Waals surface area contributed by atoms with Crippen LogP contribution in [0.3, 0.4) is 0 Å². The molecule has 5 aromatic rings. The van der Waals surface area contributed by atoms with Crippen LogP contribution in [0, 0.1) is 0 Å². The number of pyridine rings is 1. The smallest absolute Gasteiger partial charge is 0.257 e. The monoisotopic (exact) mass is 603 g/mol. The molecule has 1 amide bonds. The third-order valence-corrected chi connectivity index (χ3v) is 6.92. The lowest BCUT2D eigenvalue weighted by Crippen LogP contribution is -2.38. The zero-order chi connectivity index (χ0) is 28.8. The molecule has 3 aromatic carbocycles. The van der Waals surface area contributed by atoms with Crippen LogP contribution in [0.25, 0.3) is 23.0 Å². The molecule has 41 heavy (non-hydrogen) atoms. The van der Waals surface area contributed by atoms with Gasteiger partial charge in [0.2, 0.25) is 0 Å². The summed E-state index contributed by atoms with van der Waals surface area (Å²) in [4.78, 5) is 17.6. The minimum atomic E-state index is -1.27. The van der Waals surface area contributed by atoms with Crippen LogP contribution in [0.4, 0.5) is 0 Å². The zero-order valence-electron chi connectivity index (χ0n) is 21.5. The minimum absolute atomic E-state index is 0.180. The van der Waals surface area contributed by atoms with Crippen molar-refractivity contribution in [2.45, 2.75) is 12.8 Å². The average molecular weight is 605 g/mol. The van der Waals surface area contributed by atoms with E-state index in [2.05, 4.69) is 15.6 Å². The van der Waals surface area contributed by atoms with Crippen molar-refractivity contribution in [3.8, 4) is 16.9 Å². The predicted octanol–water partition coefficient (Wildman–Crippen LogP) is 6.77. The lowest BCUT2D eigenvalue weighted by atomic mass is 10.1. The van der Waals surface area contributed by atoms with Crippen LogP contribution >= 0.6 is 34.8 Å². The molecule has 0 aliphatic heterocycles. The molecule has 0 radical (unpaired) electrons. The third kappa shape index (κ3) is 7.21. The summed E-state index contributed by atoms with van der Waals surface area (Å²) in [5.74, 6) is -0.514. The number of nitrogens with zero attached hydrogens (tertiary/aromatic N) is 3. The number of carbonyl (C=O) groups is 1. The van der Waals surface area contributed by atoms with Gasteiger partial charge in [0, 0.05) is 40.1 Å². The number of hydrogen-bond donors (Lipinski definition) is 3. The minimum Gasteiger partial charge on any atom is -0.373 e. The summed E-state index contributed by atoms with van der Waals surface area (Å²) in [6.45, 7) is 0.254. The van der Waals surface area contributed by atoms with E-state index < -0.39 is 12.1 Å². The van der Waals surface area contributed by atoms with E-state index in [4.69, 9.17) is 39.9 Å². The van der Waals surface area contributed by atoms with Crippen LogP contribution in [0.2, 0.25) is 15.1 Å². The van der Waals surface area contributed by atoms with Gasteiger partial charge in [0.25, 0.3) is 5.91 Å². The Morgan fingerprint density at radius 3 is 2.37 bits per heavy atom. The van der Waals surface area contributed by atoms with Gasteiger partial charge in [-0.05, 0) is 60.7 Å². The van der Waals surface area contributed by atoms with Crippen LogP contribution in [0.1, 0.15) is 21.6 Å². The molecule has 206 valence electrons. The second-order valence-electron chi connectivity index (χ2n) is 9.00. The standard InChI is InChI=1S/C31H24Cl3N5O2/c32-22-11-9-20(10-12-22)29-21(19-39(38-29)25-7-2-1-3-8-25)16-28(31(41)36-18-24-6-4-5-15-35-24)37-30(40)26-14-13-23(33)17-27(26)34/h1-17,19,31,36,41H,18H2,(H,37,40)/b28-16-. The third-order valence-electron chi connectivity index (χ3n) is 6.12. The van der Waals surface area contributed by atoms with Crippen molar-refractivity contribution in [1.82, 2.24) is 25.4 Å². The molecular formula is C31H24Cl3N5O2. The van der Waals surface area contributed by atoms with E-state index in [9.17, 15) is 9.90 Å². The van der Waals surface area contributed by atoms with Crippen LogP contribution in [0.5, 0.6) is 0 Å². The van der Waals surface area contributed by atoms with Crippen molar-refractivity contribution in [2.24, 2.45) is 0 Å². The Morgan fingerprint density at radius 2 is 1.66 bits per heavy atom. The molecule has 5 rings (SSSR count). The van der Waals surface area contributed by atoms with Crippen molar-refractivity contribution >= 4 is 46.8 Å². The maximum atomic E-state index is 13.3. The molecule has 0 spiro atoms. The van der Waals surface area contributed by atoms with Crippen molar-refractivity contribution in [3.05, 3.63) is 141 Å². The molecule has 2 aromatic heterocycles. The maximum absolute atomic E-state index is 13.3. The largest absolute Gasteiger partial charge is 0.373 e. The number of halogens is 3. The molecule has 0 saturated heterocycles. The average Bonchev–Trinajstić information content (AvgIpc) is 3.40. The molecule has 0 fully saturated rings. The van der Waals surface area contributed by atoms with E-state index in [1.807, 2.05) is 66.9 Å². The molecule has 0 aliphatic carbocycles. The van der Waals surface area contributed by atoms with Crippen molar-refractivity contribution in [2.75, 3.05) is 0 Å². The van der Waals surface area contributed by atoms with Crippen LogP contribution in [0.15, 0.2) is 109 Å². The van der Waals surface area contributed by atoms with Gasteiger partial charge in [0.05, 0.1) is 27.7 Å². The van der Waals surface area contributed by atoms with E-state index in [1.165, 1.54) is 12.1 Å². The van der Waals surface area contributed by atoms with Gasteiger partial charge < -0.3 is 10.4 Å². The van der Waals surface area contributed by atoms with Crippen molar-refractivity contribution < 1.29 is 9.90 Å². The van der Waals surface area contributed by atoms with E-state index in [0.717, 1.165) is 16.9 Å². The summed E-state index contributed by atoms with van der Waals surface area (Å²) >= 11 is 18.5. The summed E-state index contributed by atoms with van der Waals surface area (Å²) in [6.07, 6.45) is 3.89. The van der Waals surface area contributed by atoms with Crippen molar-refractivity contribution in [1.29, 1.82) is 0 Å². The Hall–Kier alpha value is -3.98. The van der Waals surface area contributed by atoms with Gasteiger partial charge in [0.15, 0.2) is 0 Å². The summed E-state index contributed by atoms with van der Waals surface area (Å²) < 4.78 is 1.74. The topological polar surface area (TPSA) is 92.1 Å². The highest BCUT2D eigenvalue weighted by Gasteiger charge is 2.20. The number of benzene rings is 3. The second-order valence-corrected chi connectivity index (χ2v) is 10.3. The van der Waals surface area contributed by atoms with Gasteiger partial charge in [-0.25, -0.2) is 4.68 Å². The summed E-state index contributed by atoms with van der Waals surface area (Å²) in [7, 11) is 0. The molecule has 3 N–H and O–H groups in total. The number of aromatic nitrogens is 3. The predicted molar refractivity (Wildman–Crippen MR) is 163 cm³/mol. The second kappa shape index (κ2) is 13.1. The SMILES string of the molecule is O=C(N/C(=C\c1cn(-c2ccccc2)nc1-c1ccc(Cl)cc1)C(O)NCc1ccccn1)c1ccc(Cl)cc1Cl. The van der Waals surface area contributed by atoms with E-state index in [-0.39, 0.29) is 22.8 Å². The Morgan fingerprint density at radius 1 is 0.927 bits per heavy atom. The molecular weight excluding hydrogens is 581 g/mol. The molecule has 7 nitrogen and oxygen atoms in total. The van der Waals surface area contributed by atoms with Gasteiger partial charge in [-0.15, -0.1) is 0 Å². The first kappa shape index (κ1) is 28.5. The quantitative estimate of drug-likeness (QED) is 0.162. The molecule has 0 bridgehead atoms. The van der Waals surface area contributed by atoms with Crippen molar-refractivity contribution in [3.63, 3.8) is 0 Å². The van der Waals surface area contributed by atoms with Crippen LogP contribution in [-0.4, -0.2) is 32.0 Å². The number of aliphatic hydroxyl groups is 1. The highest BCUT2D eigenvalue weighted by molar-refractivity contribution is 6.36. The summed E-state index contributed by atoms with van der Waals surface area (Å²) in [6, 6.07) is 27.0. The van der Waals surface area contributed by atoms with Crippen LogP contribution in [-0.2, 0) is 6.54 Å². The highest BCUT2D eigenvalue weighted by atomic mass is 35.5. The number of carbonyl (C=O) groups excluding carboxylic acids is 1. The van der Waals surface area contributed by atoms with E-state index in [0.29, 0.717) is 21.3 Å². The number of nitrogens with one attached hydrogen (secondary N) is 2. The highest BCUT2D eigenvalue weighted by Crippen LogP contribution is 2.28. The summed E-state index contributed by atoms with van der Waals surface area (Å²) in [5.41, 5.74) is 4.02. The number of para-hydroxylation sites is 1. The molecule has 1 unspecified atom stereocenters. The van der Waals surface area contributed by atoms with E-state index in [1.54, 1.807) is 35.2 Å². The van der Waals surface area contributed by atoms with E-state index >= 15 is 0 Å². The van der Waals surface area contributed by atoms with Gasteiger partial charge in [-0.1, -0.05) is 71.2 Å². The molecule has 1 atom stereocenters. The fourth-order valence-corrected chi connectivity index (χ4v) is 4.70. The molecule has 0 saturated carbocycles. The van der Waals surface area contributed by atoms with Crippen LogP contribution < -0.4 is 10.6 Å². The summed E-state index contributed by atoms with van der Waals surface area (Å²) in [5, 5.41) is 23.1. The first-order chi connectivity index (χ1) is 19.9. The number of amides is 1. The van der Waals surface area contributed by atoms with Gasteiger partial charge >= 0.3 is 0 Å². The Bertz CT molecular complexity index is 1670. The molecule has 2 heterocycles. The lowest BCUT2D eigenvalue weighted by Gasteiger charge is -2.18. The normalized spacial score (nSPS) is 12.2. The molecule has 0 aliphatic rings. The van der Waals surface area contributed by atoms with Gasteiger partial charge in [-0.3, -0.25) is 15.1 Å². The number of aliphatic hydroxyl groups excluding tert-OH is 1. The lowest BCUT2D eigenvalue weighted by molar-refractivity contribution is 0.0937. The fourth-order valence-electron chi connectivity index (χ4n) is 4.07. The Kier molecular flexibility index (Phi) is 9.14. The Labute approximate surface area is 252 Å². The fraction of sp³-hybridized carbons (Fsp3) is 0.0645. The number of hydrogen-bond acceptors (Lipinski definition) is 5. The zero-order valence-corrected chi connectivity index (χ0v) is 23.8. The molecule has 10 heteroatoms. The number of rotatable bonds is 9. The van der Waals surface area contributed by atoms with Gasteiger partial charge in [0.1, 0.15) is 11.9 Å². The first-order valence-electron chi connectivity index (χ1n) is 12.6.